The van der Waals surface area contributed by atoms with Crippen LogP contribution in [-0.2, 0) is 10.0 Å². The zero-order chi connectivity index (χ0) is 22.9. The molecular weight excluding hydrogens is 456 g/mol. The first-order valence-corrected chi connectivity index (χ1v) is 11.8. The van der Waals surface area contributed by atoms with Crippen LogP contribution < -0.4 is 9.62 Å². The number of nitrogens with one attached hydrogen (secondary N) is 1. The summed E-state index contributed by atoms with van der Waals surface area (Å²) in [5.74, 6) is -2.63. The molecule has 0 fully saturated rings. The average Bonchev–Trinajstić information content (AvgIpc) is 3.16. The van der Waals surface area contributed by atoms with E-state index in [0.29, 0.717) is 10.4 Å². The van der Waals surface area contributed by atoms with Crippen LogP contribution in [0, 0.1) is 11.6 Å². The summed E-state index contributed by atoms with van der Waals surface area (Å²) in [7, 11) is -3.91. The van der Waals surface area contributed by atoms with Gasteiger partial charge >= 0.3 is 0 Å². The number of hydrogen-bond acceptors (Lipinski definition) is 5. The standard InChI is InChI=1S/C22H17F2N3O3S2/c1-2-27(15-8-4-3-5-9-15)32(29,30)16-10-6-7-14(11-16)21(28)26-22-25-19-12-17(23)18(24)13-20(19)31-22/h3-13H,2H2,1H3,(H,25,26,28). The molecule has 32 heavy (non-hydrogen) atoms. The molecule has 164 valence electrons. The highest BCUT2D eigenvalue weighted by Crippen LogP contribution is 2.29. The summed E-state index contributed by atoms with van der Waals surface area (Å²) in [6, 6.07) is 16.3. The van der Waals surface area contributed by atoms with Crippen molar-refractivity contribution >= 4 is 48.3 Å². The van der Waals surface area contributed by atoms with Gasteiger partial charge in [0.25, 0.3) is 15.9 Å². The van der Waals surface area contributed by atoms with Crippen LogP contribution >= 0.6 is 11.3 Å². The zero-order valence-electron chi connectivity index (χ0n) is 16.7. The number of rotatable bonds is 6. The van der Waals surface area contributed by atoms with Crippen LogP contribution in [0.25, 0.3) is 10.2 Å². The Hall–Kier alpha value is -3.37. The Morgan fingerprint density at radius 3 is 2.47 bits per heavy atom. The van der Waals surface area contributed by atoms with E-state index >= 15 is 0 Å². The molecule has 0 aliphatic carbocycles. The number of fused-ring (bicyclic) bond motifs is 1. The maximum Gasteiger partial charge on any atom is 0.264 e. The second kappa shape index (κ2) is 8.64. The Balaban J connectivity index is 1.61. The van der Waals surface area contributed by atoms with Crippen LogP contribution in [0.1, 0.15) is 17.3 Å². The molecule has 0 bridgehead atoms. The van der Waals surface area contributed by atoms with Crippen LogP contribution in [0.2, 0.25) is 0 Å². The summed E-state index contributed by atoms with van der Waals surface area (Å²) < 4.78 is 54.8. The minimum absolute atomic E-state index is 0.0377. The number of carbonyl (C=O) groups excluding carboxylic acids is 1. The van der Waals surface area contributed by atoms with Crippen LogP contribution in [-0.4, -0.2) is 25.9 Å². The van der Waals surface area contributed by atoms with Crippen molar-refractivity contribution in [3.05, 3.63) is 83.9 Å². The third-order valence-corrected chi connectivity index (χ3v) is 7.50. The zero-order valence-corrected chi connectivity index (χ0v) is 18.4. The van der Waals surface area contributed by atoms with E-state index in [0.717, 1.165) is 23.5 Å². The lowest BCUT2D eigenvalue weighted by molar-refractivity contribution is 0.102. The minimum atomic E-state index is -3.91. The van der Waals surface area contributed by atoms with E-state index < -0.39 is 27.6 Å². The van der Waals surface area contributed by atoms with Gasteiger partial charge in [-0.2, -0.15) is 0 Å². The van der Waals surface area contributed by atoms with Gasteiger partial charge in [0, 0.05) is 18.2 Å². The van der Waals surface area contributed by atoms with Crippen molar-refractivity contribution in [2.45, 2.75) is 11.8 Å². The first-order chi connectivity index (χ1) is 15.3. The number of benzene rings is 3. The van der Waals surface area contributed by atoms with E-state index in [1.165, 1.54) is 28.6 Å². The van der Waals surface area contributed by atoms with Gasteiger partial charge < -0.3 is 0 Å². The van der Waals surface area contributed by atoms with Crippen LogP contribution in [0.3, 0.4) is 0 Å². The number of nitrogens with zero attached hydrogens (tertiary/aromatic N) is 2. The Labute approximate surface area is 187 Å². The molecule has 4 aromatic rings. The molecule has 0 unspecified atom stereocenters. The molecule has 0 aliphatic rings. The van der Waals surface area contributed by atoms with Gasteiger partial charge in [0.15, 0.2) is 16.8 Å². The Bertz CT molecular complexity index is 1370. The molecule has 1 amide bonds. The predicted octanol–water partition coefficient (Wildman–Crippen LogP) is 5.04. The number of hydrogen-bond donors (Lipinski definition) is 1. The fraction of sp³-hybridized carbons (Fsp3) is 0.0909. The van der Waals surface area contributed by atoms with Crippen LogP contribution in [0.5, 0.6) is 0 Å². The second-order valence-corrected chi connectivity index (χ2v) is 9.63. The van der Waals surface area contributed by atoms with Gasteiger partial charge in [-0.15, -0.1) is 0 Å². The van der Waals surface area contributed by atoms with Crippen molar-refractivity contribution in [3.8, 4) is 0 Å². The van der Waals surface area contributed by atoms with Crippen LogP contribution in [0.4, 0.5) is 19.6 Å². The molecule has 1 heterocycles. The highest BCUT2D eigenvalue weighted by Gasteiger charge is 2.24. The third kappa shape index (κ3) is 4.19. The van der Waals surface area contributed by atoms with E-state index in [4.69, 9.17) is 0 Å². The number of thiazole rings is 1. The summed E-state index contributed by atoms with van der Waals surface area (Å²) in [6.45, 7) is 1.93. The Morgan fingerprint density at radius 2 is 1.75 bits per heavy atom. The summed E-state index contributed by atoms with van der Waals surface area (Å²) in [5.41, 5.74) is 0.826. The van der Waals surface area contributed by atoms with Gasteiger partial charge in [-0.05, 0) is 43.3 Å². The Kier molecular flexibility index (Phi) is 5.90. The molecule has 0 radical (unpaired) electrons. The first-order valence-electron chi connectivity index (χ1n) is 9.54. The van der Waals surface area contributed by atoms with Crippen molar-refractivity contribution < 1.29 is 22.0 Å². The first kappa shape index (κ1) is 21.8. The minimum Gasteiger partial charge on any atom is -0.298 e. The topological polar surface area (TPSA) is 79.4 Å². The third-order valence-electron chi connectivity index (χ3n) is 4.67. The summed E-state index contributed by atoms with van der Waals surface area (Å²) >= 11 is 0.982. The number of amides is 1. The number of aromatic nitrogens is 1. The van der Waals surface area contributed by atoms with Gasteiger partial charge in [0.2, 0.25) is 0 Å². The van der Waals surface area contributed by atoms with Gasteiger partial charge in [0.05, 0.1) is 20.8 Å². The summed E-state index contributed by atoms with van der Waals surface area (Å²) in [4.78, 5) is 16.8. The number of para-hydroxylation sites is 1. The highest BCUT2D eigenvalue weighted by atomic mass is 32.2. The Morgan fingerprint density at radius 1 is 1.03 bits per heavy atom. The number of anilines is 2. The number of halogens is 2. The second-order valence-electron chi connectivity index (χ2n) is 6.74. The van der Waals surface area contributed by atoms with Gasteiger partial charge in [-0.3, -0.25) is 14.4 Å². The van der Waals surface area contributed by atoms with E-state index in [-0.39, 0.29) is 27.7 Å². The SMILES string of the molecule is CCN(c1ccccc1)S(=O)(=O)c1cccc(C(=O)Nc2nc3cc(F)c(F)cc3s2)c1. The van der Waals surface area contributed by atoms with Crippen molar-refractivity contribution in [2.24, 2.45) is 0 Å². The monoisotopic (exact) mass is 473 g/mol. The van der Waals surface area contributed by atoms with E-state index in [2.05, 4.69) is 10.3 Å². The molecule has 0 saturated heterocycles. The maximum absolute atomic E-state index is 13.4. The quantitative estimate of drug-likeness (QED) is 0.425. The maximum atomic E-state index is 13.4. The largest absolute Gasteiger partial charge is 0.298 e. The summed E-state index contributed by atoms with van der Waals surface area (Å²) in [6.07, 6.45) is 0. The lowest BCUT2D eigenvalue weighted by Gasteiger charge is -2.23. The molecule has 3 aromatic carbocycles. The van der Waals surface area contributed by atoms with Crippen molar-refractivity contribution in [3.63, 3.8) is 0 Å². The molecule has 10 heteroatoms. The molecule has 1 aromatic heterocycles. The van der Waals surface area contributed by atoms with E-state index in [1.54, 1.807) is 37.3 Å². The molecule has 0 aliphatic heterocycles. The number of sulfonamides is 1. The van der Waals surface area contributed by atoms with Gasteiger partial charge in [-0.1, -0.05) is 35.6 Å². The molecule has 6 nitrogen and oxygen atoms in total. The van der Waals surface area contributed by atoms with E-state index in [9.17, 15) is 22.0 Å². The van der Waals surface area contributed by atoms with Gasteiger partial charge in [0.1, 0.15) is 0 Å². The fourth-order valence-electron chi connectivity index (χ4n) is 3.16. The van der Waals surface area contributed by atoms with Crippen molar-refractivity contribution in [1.82, 2.24) is 4.98 Å². The number of carbonyl (C=O) groups is 1. The van der Waals surface area contributed by atoms with Crippen LogP contribution in [0.15, 0.2) is 71.6 Å². The molecule has 4 rings (SSSR count). The molecule has 0 atom stereocenters. The van der Waals surface area contributed by atoms with Crippen molar-refractivity contribution in [1.29, 1.82) is 0 Å². The van der Waals surface area contributed by atoms with Crippen molar-refractivity contribution in [2.75, 3.05) is 16.2 Å². The molecule has 1 N–H and O–H groups in total. The average molecular weight is 474 g/mol. The summed E-state index contributed by atoms with van der Waals surface area (Å²) in [5, 5.41) is 2.70. The molecule has 0 spiro atoms. The fourth-order valence-corrected chi connectivity index (χ4v) is 5.54. The highest BCUT2D eigenvalue weighted by molar-refractivity contribution is 7.92. The molecule has 0 saturated carbocycles. The lowest BCUT2D eigenvalue weighted by Crippen LogP contribution is -2.30. The molecular formula is C22H17F2N3O3S2. The smallest absolute Gasteiger partial charge is 0.264 e. The van der Waals surface area contributed by atoms with Gasteiger partial charge in [-0.25, -0.2) is 22.2 Å². The normalized spacial score (nSPS) is 11.5. The van der Waals surface area contributed by atoms with E-state index in [1.807, 2.05) is 0 Å². The predicted molar refractivity (Wildman–Crippen MR) is 121 cm³/mol. The lowest BCUT2D eigenvalue weighted by atomic mass is 10.2.